The fraction of sp³-hybridized carbons (Fsp3) is 0.583. The Bertz CT molecular complexity index is 413. The van der Waals surface area contributed by atoms with Gasteiger partial charge in [-0.2, -0.15) is 5.26 Å². The summed E-state index contributed by atoms with van der Waals surface area (Å²) in [5, 5.41) is 9.30. The van der Waals surface area contributed by atoms with E-state index >= 15 is 0 Å². The number of rotatable bonds is 5. The Morgan fingerprint density at radius 2 is 2.18 bits per heavy atom. The number of hydrogen-bond acceptors (Lipinski definition) is 4. The Balaban J connectivity index is 2.95. The number of anilines is 1. The predicted octanol–water partition coefficient (Wildman–Crippen LogP) is 2.68. The van der Waals surface area contributed by atoms with Crippen LogP contribution in [0.25, 0.3) is 0 Å². The van der Waals surface area contributed by atoms with Crippen LogP contribution in [0.15, 0.2) is 6.07 Å². The van der Waals surface area contributed by atoms with E-state index in [1.165, 1.54) is 0 Å². The maximum atomic E-state index is 8.85. The second kappa shape index (κ2) is 6.41. The fourth-order valence-corrected chi connectivity index (χ4v) is 1.72. The van der Waals surface area contributed by atoms with Crippen LogP contribution in [0, 0.1) is 17.2 Å². The molecule has 1 aromatic heterocycles. The summed E-state index contributed by atoms with van der Waals surface area (Å²) in [5.74, 6) is 1.50. The summed E-state index contributed by atoms with van der Waals surface area (Å²) < 4.78 is 0. The Morgan fingerprint density at radius 3 is 2.71 bits per heavy atom. The van der Waals surface area contributed by atoms with Gasteiger partial charge < -0.3 is 4.90 Å². The summed E-state index contributed by atoms with van der Waals surface area (Å²) in [7, 11) is 0. The summed E-state index contributed by atoms with van der Waals surface area (Å²) in [6.45, 7) is 7.37. The van der Waals surface area contributed by atoms with Crippen LogP contribution in [0.1, 0.15) is 26.6 Å². The molecule has 1 rings (SSSR count). The Morgan fingerprint density at radius 1 is 1.47 bits per heavy atom. The molecule has 0 bridgehead atoms. The van der Waals surface area contributed by atoms with Crippen LogP contribution >= 0.6 is 11.6 Å². The van der Waals surface area contributed by atoms with Crippen LogP contribution in [0.3, 0.4) is 0 Å². The quantitative estimate of drug-likeness (QED) is 0.756. The molecule has 0 amide bonds. The zero-order chi connectivity index (χ0) is 12.8. The van der Waals surface area contributed by atoms with E-state index in [9.17, 15) is 0 Å². The molecule has 0 N–H and O–H groups in total. The first-order valence-corrected chi connectivity index (χ1v) is 6.16. The third-order valence-corrected chi connectivity index (χ3v) is 2.66. The molecule has 0 saturated heterocycles. The van der Waals surface area contributed by atoms with Gasteiger partial charge in [0.1, 0.15) is 16.8 Å². The largest absolute Gasteiger partial charge is 0.355 e. The van der Waals surface area contributed by atoms with E-state index in [1.807, 2.05) is 25.7 Å². The third kappa shape index (κ3) is 3.86. The highest BCUT2D eigenvalue weighted by molar-refractivity contribution is 6.29. The fourth-order valence-electron chi connectivity index (χ4n) is 1.53. The van der Waals surface area contributed by atoms with Gasteiger partial charge in [-0.1, -0.05) is 18.5 Å². The lowest BCUT2D eigenvalue weighted by atomic mass is 10.2. The molecule has 1 atom stereocenters. The van der Waals surface area contributed by atoms with Crippen LogP contribution < -0.4 is 4.90 Å². The van der Waals surface area contributed by atoms with Crippen LogP contribution in [0.5, 0.6) is 0 Å². The summed E-state index contributed by atoms with van der Waals surface area (Å²) in [6.07, 6.45) is 0.749. The van der Waals surface area contributed by atoms with Crippen molar-refractivity contribution in [3.8, 4) is 6.07 Å². The van der Waals surface area contributed by atoms with Crippen molar-refractivity contribution in [1.82, 2.24) is 9.97 Å². The highest BCUT2D eigenvalue weighted by atomic mass is 35.5. The van der Waals surface area contributed by atoms with Gasteiger partial charge >= 0.3 is 0 Å². The van der Waals surface area contributed by atoms with Crippen LogP contribution in [-0.2, 0) is 6.42 Å². The summed E-state index contributed by atoms with van der Waals surface area (Å²) in [4.78, 5) is 10.6. The van der Waals surface area contributed by atoms with E-state index < -0.39 is 0 Å². The number of hydrogen-bond donors (Lipinski definition) is 0. The van der Waals surface area contributed by atoms with Gasteiger partial charge in [-0.15, -0.1) is 0 Å². The average Bonchev–Trinajstić information content (AvgIpc) is 2.34. The van der Waals surface area contributed by atoms with Crippen LogP contribution in [0.2, 0.25) is 5.15 Å². The van der Waals surface area contributed by atoms with Crippen molar-refractivity contribution in [3.05, 3.63) is 17.0 Å². The van der Waals surface area contributed by atoms with Crippen molar-refractivity contribution in [3.63, 3.8) is 0 Å². The molecule has 4 nitrogen and oxygen atoms in total. The van der Waals surface area contributed by atoms with Crippen molar-refractivity contribution < 1.29 is 0 Å². The summed E-state index contributed by atoms with van der Waals surface area (Å²) >= 11 is 5.96. The first-order chi connectivity index (χ1) is 8.10. The number of aromatic nitrogens is 2. The normalized spacial score (nSPS) is 11.9. The maximum Gasteiger partial charge on any atom is 0.134 e. The molecular formula is C12H17ClN4. The molecular weight excluding hydrogens is 236 g/mol. The molecule has 0 saturated carbocycles. The molecule has 0 fully saturated rings. The Labute approximate surface area is 107 Å². The number of halogens is 1. The SMILES string of the molecule is CCc1nc(Cl)cc(N(CC)CC(C)C#N)n1. The number of aryl methyl sites for hydroxylation is 1. The highest BCUT2D eigenvalue weighted by Gasteiger charge is 2.12. The van der Waals surface area contributed by atoms with Crippen LogP contribution in [0.4, 0.5) is 5.82 Å². The minimum Gasteiger partial charge on any atom is -0.355 e. The molecule has 1 unspecified atom stereocenters. The molecule has 5 heteroatoms. The zero-order valence-corrected chi connectivity index (χ0v) is 11.2. The molecule has 0 aliphatic carbocycles. The molecule has 17 heavy (non-hydrogen) atoms. The second-order valence-corrected chi connectivity index (χ2v) is 4.27. The van der Waals surface area contributed by atoms with Gasteiger partial charge in [0.2, 0.25) is 0 Å². The summed E-state index contributed by atoms with van der Waals surface area (Å²) in [6, 6.07) is 3.97. The van der Waals surface area contributed by atoms with Crippen molar-refractivity contribution in [2.75, 3.05) is 18.0 Å². The van der Waals surface area contributed by atoms with Crippen molar-refractivity contribution in [1.29, 1.82) is 5.26 Å². The van der Waals surface area contributed by atoms with Crippen molar-refractivity contribution in [2.24, 2.45) is 5.92 Å². The topological polar surface area (TPSA) is 52.8 Å². The van der Waals surface area contributed by atoms with E-state index in [0.717, 1.165) is 24.6 Å². The van der Waals surface area contributed by atoms with Crippen molar-refractivity contribution in [2.45, 2.75) is 27.2 Å². The Hall–Kier alpha value is -1.34. The minimum absolute atomic E-state index is 0.0335. The van der Waals surface area contributed by atoms with E-state index in [2.05, 4.69) is 16.0 Å². The van der Waals surface area contributed by atoms with Gasteiger partial charge in [-0.05, 0) is 13.8 Å². The van der Waals surface area contributed by atoms with Gasteiger partial charge in [-0.25, -0.2) is 9.97 Å². The molecule has 0 aliphatic heterocycles. The van der Waals surface area contributed by atoms with Gasteiger partial charge in [0, 0.05) is 25.6 Å². The third-order valence-electron chi connectivity index (χ3n) is 2.46. The lowest BCUT2D eigenvalue weighted by Gasteiger charge is -2.23. The molecule has 92 valence electrons. The standard InChI is InChI=1S/C12H17ClN4/c1-4-11-15-10(13)6-12(16-11)17(5-2)8-9(3)7-14/h6,9H,4-5,8H2,1-3H3. The van der Waals surface area contributed by atoms with E-state index in [4.69, 9.17) is 16.9 Å². The second-order valence-electron chi connectivity index (χ2n) is 3.89. The first kappa shape index (κ1) is 13.7. The molecule has 0 aromatic carbocycles. The monoisotopic (exact) mass is 252 g/mol. The van der Waals surface area contributed by atoms with E-state index in [1.54, 1.807) is 6.07 Å². The first-order valence-electron chi connectivity index (χ1n) is 5.78. The molecule has 0 spiro atoms. The lowest BCUT2D eigenvalue weighted by molar-refractivity contribution is 0.676. The van der Waals surface area contributed by atoms with Gasteiger partial charge in [0.15, 0.2) is 0 Å². The maximum absolute atomic E-state index is 8.85. The van der Waals surface area contributed by atoms with Crippen LogP contribution in [-0.4, -0.2) is 23.1 Å². The molecule has 1 heterocycles. The zero-order valence-electron chi connectivity index (χ0n) is 10.4. The van der Waals surface area contributed by atoms with Gasteiger partial charge in [0.25, 0.3) is 0 Å². The lowest BCUT2D eigenvalue weighted by Crippen LogP contribution is -2.29. The minimum atomic E-state index is -0.0335. The van der Waals surface area contributed by atoms with E-state index in [-0.39, 0.29) is 5.92 Å². The van der Waals surface area contributed by atoms with Gasteiger partial charge in [0.05, 0.1) is 12.0 Å². The number of nitrogens with zero attached hydrogens (tertiary/aromatic N) is 4. The molecule has 0 aliphatic rings. The van der Waals surface area contributed by atoms with Gasteiger partial charge in [-0.3, -0.25) is 0 Å². The average molecular weight is 253 g/mol. The van der Waals surface area contributed by atoms with Crippen molar-refractivity contribution >= 4 is 17.4 Å². The molecule has 1 aromatic rings. The number of nitriles is 1. The Kier molecular flexibility index (Phi) is 5.17. The highest BCUT2D eigenvalue weighted by Crippen LogP contribution is 2.17. The van der Waals surface area contributed by atoms with E-state index in [0.29, 0.717) is 11.7 Å². The smallest absolute Gasteiger partial charge is 0.134 e. The molecule has 0 radical (unpaired) electrons. The predicted molar refractivity (Wildman–Crippen MR) is 69.1 cm³/mol. The summed E-state index contributed by atoms with van der Waals surface area (Å²) in [5.41, 5.74) is 0.